The molecule has 1 aliphatic heterocycles. The molecule has 0 bridgehead atoms. The molecule has 0 aromatic heterocycles. The van der Waals surface area contributed by atoms with Crippen molar-refractivity contribution >= 4 is 11.4 Å². The van der Waals surface area contributed by atoms with E-state index in [1.54, 1.807) is 12.1 Å². The topological polar surface area (TPSA) is 72.4 Å². The summed E-state index contributed by atoms with van der Waals surface area (Å²) in [6, 6.07) is 5.78. The summed E-state index contributed by atoms with van der Waals surface area (Å²) in [5.74, 6) is 0. The number of benzene rings is 1. The number of nitrogens with zero attached hydrogens (tertiary/aromatic N) is 2. The molecule has 0 saturated carbocycles. The van der Waals surface area contributed by atoms with E-state index in [-0.39, 0.29) is 10.6 Å². The average molecular weight is 263 g/mol. The normalized spacial score (nSPS) is 23.7. The number of nitrogens with two attached hydrogens (primary N) is 1. The van der Waals surface area contributed by atoms with Crippen LogP contribution in [0.4, 0.5) is 11.4 Å². The van der Waals surface area contributed by atoms with E-state index >= 15 is 0 Å². The Morgan fingerprint density at radius 3 is 2.84 bits per heavy atom. The van der Waals surface area contributed by atoms with Crippen molar-refractivity contribution < 1.29 is 4.92 Å². The quantitative estimate of drug-likeness (QED) is 0.515. The maximum atomic E-state index is 10.8. The second kappa shape index (κ2) is 5.57. The van der Waals surface area contributed by atoms with Gasteiger partial charge in [-0.25, -0.2) is 0 Å². The molecule has 104 valence electrons. The first-order valence-electron chi connectivity index (χ1n) is 6.81. The molecule has 2 atom stereocenters. The van der Waals surface area contributed by atoms with E-state index in [2.05, 4.69) is 18.7 Å². The number of anilines is 1. The standard InChI is InChI=1S/C14H21N3O2/c1-3-12-5-4-10(2)16(12)9-11-8-13(17(18)19)6-7-14(11)15/h6-8,10,12H,3-5,9,15H2,1-2H3. The van der Waals surface area contributed by atoms with Crippen LogP contribution in [-0.2, 0) is 6.54 Å². The van der Waals surface area contributed by atoms with Crippen molar-refractivity contribution in [2.24, 2.45) is 0 Å². The fourth-order valence-electron chi connectivity index (χ4n) is 2.89. The highest BCUT2D eigenvalue weighted by Crippen LogP contribution is 2.30. The summed E-state index contributed by atoms with van der Waals surface area (Å²) >= 11 is 0. The minimum atomic E-state index is -0.367. The molecule has 2 unspecified atom stereocenters. The van der Waals surface area contributed by atoms with Gasteiger partial charge in [0.2, 0.25) is 0 Å². The molecular weight excluding hydrogens is 242 g/mol. The zero-order valence-electron chi connectivity index (χ0n) is 11.5. The summed E-state index contributed by atoms with van der Waals surface area (Å²) in [4.78, 5) is 12.9. The Kier molecular flexibility index (Phi) is 4.04. The number of rotatable bonds is 4. The second-order valence-electron chi connectivity index (χ2n) is 5.30. The van der Waals surface area contributed by atoms with E-state index < -0.39 is 0 Å². The van der Waals surface area contributed by atoms with Gasteiger partial charge in [-0.2, -0.15) is 0 Å². The van der Waals surface area contributed by atoms with Gasteiger partial charge in [0.25, 0.3) is 5.69 Å². The zero-order valence-corrected chi connectivity index (χ0v) is 11.5. The van der Waals surface area contributed by atoms with Crippen LogP contribution in [0, 0.1) is 10.1 Å². The van der Waals surface area contributed by atoms with Crippen molar-refractivity contribution in [2.75, 3.05) is 5.73 Å². The molecule has 0 amide bonds. The summed E-state index contributed by atoms with van der Waals surface area (Å²) in [5, 5.41) is 10.8. The smallest absolute Gasteiger partial charge is 0.269 e. The first-order valence-corrected chi connectivity index (χ1v) is 6.81. The fourth-order valence-corrected chi connectivity index (χ4v) is 2.89. The lowest BCUT2D eigenvalue weighted by molar-refractivity contribution is -0.384. The van der Waals surface area contributed by atoms with Crippen LogP contribution in [0.5, 0.6) is 0 Å². The zero-order chi connectivity index (χ0) is 14.0. The van der Waals surface area contributed by atoms with Gasteiger partial charge in [0, 0.05) is 36.4 Å². The maximum Gasteiger partial charge on any atom is 0.269 e. The molecule has 2 N–H and O–H groups in total. The van der Waals surface area contributed by atoms with Crippen molar-refractivity contribution in [2.45, 2.75) is 51.7 Å². The van der Waals surface area contributed by atoms with Gasteiger partial charge < -0.3 is 5.73 Å². The number of nitro groups is 1. The van der Waals surface area contributed by atoms with Gasteiger partial charge in [0.05, 0.1) is 4.92 Å². The van der Waals surface area contributed by atoms with Crippen molar-refractivity contribution in [3.8, 4) is 0 Å². The third kappa shape index (κ3) is 2.87. The van der Waals surface area contributed by atoms with Crippen molar-refractivity contribution in [1.82, 2.24) is 4.90 Å². The Morgan fingerprint density at radius 1 is 1.47 bits per heavy atom. The highest BCUT2D eigenvalue weighted by atomic mass is 16.6. The average Bonchev–Trinajstić information content (AvgIpc) is 2.73. The van der Waals surface area contributed by atoms with Gasteiger partial charge in [-0.05, 0) is 37.8 Å². The molecule has 0 spiro atoms. The molecule has 19 heavy (non-hydrogen) atoms. The molecule has 1 aromatic rings. The molecule has 1 fully saturated rings. The monoisotopic (exact) mass is 263 g/mol. The van der Waals surface area contributed by atoms with E-state index in [1.165, 1.54) is 18.9 Å². The number of nitrogen functional groups attached to an aromatic ring is 1. The fraction of sp³-hybridized carbons (Fsp3) is 0.571. The van der Waals surface area contributed by atoms with Crippen LogP contribution in [0.2, 0.25) is 0 Å². The first-order chi connectivity index (χ1) is 9.02. The van der Waals surface area contributed by atoms with Crippen LogP contribution in [0.15, 0.2) is 18.2 Å². The highest BCUT2D eigenvalue weighted by Gasteiger charge is 2.29. The molecule has 5 nitrogen and oxygen atoms in total. The Morgan fingerprint density at radius 2 is 2.21 bits per heavy atom. The van der Waals surface area contributed by atoms with Crippen LogP contribution in [0.3, 0.4) is 0 Å². The van der Waals surface area contributed by atoms with E-state index in [0.29, 0.717) is 24.3 Å². The summed E-state index contributed by atoms with van der Waals surface area (Å²) < 4.78 is 0. The van der Waals surface area contributed by atoms with E-state index in [9.17, 15) is 10.1 Å². The number of non-ortho nitro benzene ring substituents is 1. The van der Waals surface area contributed by atoms with E-state index in [4.69, 9.17) is 5.73 Å². The Bertz CT molecular complexity index is 476. The van der Waals surface area contributed by atoms with Gasteiger partial charge in [-0.15, -0.1) is 0 Å². The van der Waals surface area contributed by atoms with Gasteiger partial charge in [-0.3, -0.25) is 15.0 Å². The lowest BCUT2D eigenvalue weighted by Gasteiger charge is -2.28. The van der Waals surface area contributed by atoms with Crippen molar-refractivity contribution in [1.29, 1.82) is 0 Å². The summed E-state index contributed by atoms with van der Waals surface area (Å²) in [6.45, 7) is 5.10. The van der Waals surface area contributed by atoms with Crippen molar-refractivity contribution in [3.63, 3.8) is 0 Å². The molecule has 2 rings (SSSR count). The Balaban J connectivity index is 2.22. The van der Waals surface area contributed by atoms with Crippen LogP contribution < -0.4 is 5.73 Å². The molecule has 0 aliphatic carbocycles. The minimum Gasteiger partial charge on any atom is -0.398 e. The first kappa shape index (κ1) is 13.8. The summed E-state index contributed by atoms with van der Waals surface area (Å²) in [7, 11) is 0. The lowest BCUT2D eigenvalue weighted by Crippen LogP contribution is -2.33. The van der Waals surface area contributed by atoms with E-state index in [0.717, 1.165) is 12.0 Å². The summed E-state index contributed by atoms with van der Waals surface area (Å²) in [6.07, 6.45) is 3.50. The van der Waals surface area contributed by atoms with Gasteiger partial charge in [-0.1, -0.05) is 6.92 Å². The molecule has 1 heterocycles. The molecule has 1 aromatic carbocycles. The number of hydrogen-bond donors (Lipinski definition) is 1. The van der Waals surface area contributed by atoms with Gasteiger partial charge in [0.15, 0.2) is 0 Å². The second-order valence-corrected chi connectivity index (χ2v) is 5.30. The predicted molar refractivity (Wildman–Crippen MR) is 75.8 cm³/mol. The SMILES string of the molecule is CCC1CCC(C)N1Cc1cc([N+](=O)[O-])ccc1N. The molecule has 5 heteroatoms. The molecule has 1 aliphatic rings. The largest absolute Gasteiger partial charge is 0.398 e. The van der Waals surface area contributed by atoms with Crippen LogP contribution in [0.25, 0.3) is 0 Å². The molecular formula is C14H21N3O2. The third-order valence-electron chi connectivity index (χ3n) is 4.11. The van der Waals surface area contributed by atoms with Gasteiger partial charge in [0.1, 0.15) is 0 Å². The number of hydrogen-bond acceptors (Lipinski definition) is 4. The molecule has 1 saturated heterocycles. The van der Waals surface area contributed by atoms with Crippen molar-refractivity contribution in [3.05, 3.63) is 33.9 Å². The third-order valence-corrected chi connectivity index (χ3v) is 4.11. The minimum absolute atomic E-state index is 0.115. The van der Waals surface area contributed by atoms with Crippen LogP contribution in [0.1, 0.15) is 38.7 Å². The van der Waals surface area contributed by atoms with Crippen LogP contribution in [-0.4, -0.2) is 21.9 Å². The Labute approximate surface area is 113 Å². The maximum absolute atomic E-state index is 10.8. The predicted octanol–water partition coefficient (Wildman–Crippen LogP) is 2.94. The summed E-state index contributed by atoms with van der Waals surface area (Å²) in [5.41, 5.74) is 7.57. The lowest BCUT2D eigenvalue weighted by atomic mass is 10.1. The highest BCUT2D eigenvalue weighted by molar-refractivity contribution is 5.52. The number of nitro benzene ring substituents is 1. The van der Waals surface area contributed by atoms with Crippen LogP contribution >= 0.6 is 0 Å². The Hall–Kier alpha value is -1.62. The van der Waals surface area contributed by atoms with Gasteiger partial charge >= 0.3 is 0 Å². The molecule has 0 radical (unpaired) electrons. The number of likely N-dealkylation sites (tertiary alicyclic amines) is 1. The van der Waals surface area contributed by atoms with E-state index in [1.807, 2.05) is 0 Å².